The number of aromatic nitrogens is 3. The monoisotopic (exact) mass is 452 g/mol. The molecule has 0 radical (unpaired) electrons. The van der Waals surface area contributed by atoms with Crippen molar-refractivity contribution in [3.8, 4) is 5.69 Å². The maximum atomic E-state index is 13.7. The second kappa shape index (κ2) is 8.42. The molecule has 0 saturated carbocycles. The van der Waals surface area contributed by atoms with Gasteiger partial charge in [-0.05, 0) is 44.0 Å². The van der Waals surface area contributed by atoms with Crippen molar-refractivity contribution >= 4 is 44.2 Å². The molecule has 1 unspecified atom stereocenters. The minimum absolute atomic E-state index is 0.00379. The SMILES string of the molecule is Cc1c(C(=O)N(CC2CCCO2)c2nc3c(Cl)cccc3s2)cnn1-c1ccccc1. The van der Waals surface area contributed by atoms with Crippen LogP contribution in [0.25, 0.3) is 15.9 Å². The summed E-state index contributed by atoms with van der Waals surface area (Å²) in [5, 5.41) is 5.67. The summed E-state index contributed by atoms with van der Waals surface area (Å²) in [5.74, 6) is -0.134. The van der Waals surface area contributed by atoms with Gasteiger partial charge in [-0.15, -0.1) is 0 Å². The molecule has 3 heterocycles. The summed E-state index contributed by atoms with van der Waals surface area (Å²) < 4.78 is 8.56. The molecular formula is C23H21ClN4O2S. The normalized spacial score (nSPS) is 16.1. The van der Waals surface area contributed by atoms with Gasteiger partial charge in [0.05, 0.1) is 45.5 Å². The van der Waals surface area contributed by atoms with Gasteiger partial charge in [-0.2, -0.15) is 5.10 Å². The van der Waals surface area contributed by atoms with E-state index in [9.17, 15) is 4.79 Å². The number of nitrogens with zero attached hydrogens (tertiary/aromatic N) is 4. The number of ether oxygens (including phenoxy) is 1. The Hall–Kier alpha value is -2.74. The smallest absolute Gasteiger partial charge is 0.263 e. The largest absolute Gasteiger partial charge is 0.376 e. The third-order valence-corrected chi connectivity index (χ3v) is 6.83. The highest BCUT2D eigenvalue weighted by atomic mass is 35.5. The Bertz CT molecular complexity index is 1230. The molecule has 158 valence electrons. The van der Waals surface area contributed by atoms with E-state index in [1.54, 1.807) is 15.8 Å². The van der Waals surface area contributed by atoms with Crippen molar-refractivity contribution in [3.63, 3.8) is 0 Å². The van der Waals surface area contributed by atoms with Crippen LogP contribution in [-0.4, -0.2) is 39.9 Å². The Kier molecular flexibility index (Phi) is 5.48. The minimum Gasteiger partial charge on any atom is -0.376 e. The highest BCUT2D eigenvalue weighted by molar-refractivity contribution is 7.22. The first kappa shape index (κ1) is 20.2. The van der Waals surface area contributed by atoms with Crippen molar-refractivity contribution in [2.75, 3.05) is 18.1 Å². The average molecular weight is 453 g/mol. The lowest BCUT2D eigenvalue weighted by atomic mass is 10.2. The van der Waals surface area contributed by atoms with Crippen LogP contribution in [0.3, 0.4) is 0 Å². The molecule has 1 aliphatic heterocycles. The molecule has 0 aliphatic carbocycles. The number of benzene rings is 2. The molecule has 6 nitrogen and oxygen atoms in total. The first-order chi connectivity index (χ1) is 15.1. The van der Waals surface area contributed by atoms with Gasteiger partial charge in [0, 0.05) is 6.61 Å². The molecule has 0 N–H and O–H groups in total. The Morgan fingerprint density at radius 2 is 2.10 bits per heavy atom. The Morgan fingerprint density at radius 1 is 1.26 bits per heavy atom. The first-order valence-corrected chi connectivity index (χ1v) is 11.4. The quantitative estimate of drug-likeness (QED) is 0.414. The predicted molar refractivity (Wildman–Crippen MR) is 124 cm³/mol. The molecule has 1 amide bonds. The van der Waals surface area contributed by atoms with Crippen molar-refractivity contribution in [2.45, 2.75) is 25.9 Å². The molecule has 0 bridgehead atoms. The average Bonchev–Trinajstić information content (AvgIpc) is 3.52. The van der Waals surface area contributed by atoms with Gasteiger partial charge < -0.3 is 4.74 Å². The number of halogens is 1. The van der Waals surface area contributed by atoms with Crippen molar-refractivity contribution in [3.05, 3.63) is 71.0 Å². The number of amides is 1. The van der Waals surface area contributed by atoms with Crippen LogP contribution in [0, 0.1) is 6.92 Å². The lowest BCUT2D eigenvalue weighted by Crippen LogP contribution is -2.37. The number of para-hydroxylation sites is 2. The van der Waals surface area contributed by atoms with E-state index < -0.39 is 0 Å². The van der Waals surface area contributed by atoms with E-state index in [2.05, 4.69) is 5.10 Å². The van der Waals surface area contributed by atoms with Crippen molar-refractivity contribution in [2.24, 2.45) is 0 Å². The van der Waals surface area contributed by atoms with Gasteiger partial charge in [-0.25, -0.2) is 9.67 Å². The second-order valence-electron chi connectivity index (χ2n) is 7.52. The molecule has 0 spiro atoms. The highest BCUT2D eigenvalue weighted by Crippen LogP contribution is 2.34. The number of anilines is 1. The Labute approximate surface area is 189 Å². The fraction of sp³-hybridized carbons (Fsp3) is 0.261. The number of hydrogen-bond donors (Lipinski definition) is 0. The van der Waals surface area contributed by atoms with Gasteiger partial charge in [0.2, 0.25) is 0 Å². The molecule has 1 aliphatic rings. The number of rotatable bonds is 5. The Morgan fingerprint density at radius 3 is 2.84 bits per heavy atom. The number of carbonyl (C=O) groups is 1. The van der Waals surface area contributed by atoms with E-state index in [0.717, 1.165) is 35.5 Å². The van der Waals surface area contributed by atoms with E-state index in [4.69, 9.17) is 21.3 Å². The van der Waals surface area contributed by atoms with Gasteiger partial charge in [0.1, 0.15) is 5.52 Å². The maximum Gasteiger partial charge on any atom is 0.263 e. The maximum absolute atomic E-state index is 13.7. The van der Waals surface area contributed by atoms with Crippen LogP contribution in [0.1, 0.15) is 28.9 Å². The highest BCUT2D eigenvalue weighted by Gasteiger charge is 2.29. The molecule has 4 aromatic rings. The number of fused-ring (bicyclic) bond motifs is 1. The summed E-state index contributed by atoms with van der Waals surface area (Å²) in [6.07, 6.45) is 3.56. The topological polar surface area (TPSA) is 60.3 Å². The molecule has 2 aromatic heterocycles. The van der Waals surface area contributed by atoms with Gasteiger partial charge in [-0.3, -0.25) is 9.69 Å². The second-order valence-corrected chi connectivity index (χ2v) is 8.94. The summed E-state index contributed by atoms with van der Waals surface area (Å²) in [6.45, 7) is 3.09. The van der Waals surface area contributed by atoms with E-state index in [0.29, 0.717) is 27.8 Å². The van der Waals surface area contributed by atoms with E-state index in [1.807, 2.05) is 55.5 Å². The lowest BCUT2D eigenvalue weighted by Gasteiger charge is -2.23. The van der Waals surface area contributed by atoms with Crippen LogP contribution in [0.4, 0.5) is 5.13 Å². The minimum atomic E-state index is -0.134. The number of thiazole rings is 1. The van der Waals surface area contributed by atoms with E-state index in [1.165, 1.54) is 11.3 Å². The molecule has 2 aromatic carbocycles. The van der Waals surface area contributed by atoms with E-state index >= 15 is 0 Å². The van der Waals surface area contributed by atoms with Crippen LogP contribution < -0.4 is 4.90 Å². The zero-order valence-corrected chi connectivity index (χ0v) is 18.6. The summed E-state index contributed by atoms with van der Waals surface area (Å²) in [4.78, 5) is 20.1. The zero-order valence-electron chi connectivity index (χ0n) is 17.0. The first-order valence-electron chi connectivity index (χ1n) is 10.2. The van der Waals surface area contributed by atoms with Gasteiger partial charge in [0.25, 0.3) is 5.91 Å². The third-order valence-electron chi connectivity index (χ3n) is 5.49. The van der Waals surface area contributed by atoms with Crippen LogP contribution in [0.5, 0.6) is 0 Å². The van der Waals surface area contributed by atoms with Crippen molar-refractivity contribution in [1.29, 1.82) is 0 Å². The summed E-state index contributed by atoms with van der Waals surface area (Å²) in [6, 6.07) is 15.5. The van der Waals surface area contributed by atoms with Crippen LogP contribution in [0.15, 0.2) is 54.7 Å². The van der Waals surface area contributed by atoms with Crippen LogP contribution in [0.2, 0.25) is 5.02 Å². The lowest BCUT2D eigenvalue weighted by molar-refractivity contribution is 0.0917. The molecule has 5 rings (SSSR count). The molecule has 31 heavy (non-hydrogen) atoms. The number of hydrogen-bond acceptors (Lipinski definition) is 5. The van der Waals surface area contributed by atoms with Crippen LogP contribution in [-0.2, 0) is 4.74 Å². The summed E-state index contributed by atoms with van der Waals surface area (Å²) >= 11 is 7.80. The van der Waals surface area contributed by atoms with Crippen molar-refractivity contribution < 1.29 is 9.53 Å². The van der Waals surface area contributed by atoms with E-state index in [-0.39, 0.29) is 12.0 Å². The van der Waals surface area contributed by atoms with Gasteiger partial charge in [0.15, 0.2) is 5.13 Å². The molecular weight excluding hydrogens is 432 g/mol. The molecule has 1 saturated heterocycles. The number of carbonyl (C=O) groups excluding carboxylic acids is 1. The summed E-state index contributed by atoms with van der Waals surface area (Å²) in [7, 11) is 0. The predicted octanol–water partition coefficient (Wildman–Crippen LogP) is 5.27. The molecule has 8 heteroatoms. The van der Waals surface area contributed by atoms with Crippen LogP contribution >= 0.6 is 22.9 Å². The molecule has 1 fully saturated rings. The van der Waals surface area contributed by atoms with Gasteiger partial charge >= 0.3 is 0 Å². The fourth-order valence-electron chi connectivity index (χ4n) is 3.85. The third kappa shape index (κ3) is 3.84. The fourth-order valence-corrected chi connectivity index (χ4v) is 5.13. The standard InChI is InChI=1S/C23H21ClN4O2S/c1-15-18(13-25-28(15)16-7-3-2-4-8-16)22(29)27(14-17-9-6-12-30-17)23-26-21-19(24)10-5-11-20(21)31-23/h2-5,7-8,10-11,13,17H,6,9,12,14H2,1H3. The Balaban J connectivity index is 1.54. The zero-order chi connectivity index (χ0) is 21.4. The molecule has 1 atom stereocenters. The summed E-state index contributed by atoms with van der Waals surface area (Å²) in [5.41, 5.74) is 2.96. The van der Waals surface area contributed by atoms with Crippen molar-refractivity contribution in [1.82, 2.24) is 14.8 Å². The van der Waals surface area contributed by atoms with Gasteiger partial charge in [-0.1, -0.05) is 47.2 Å².